The van der Waals surface area contributed by atoms with Crippen molar-refractivity contribution in [2.24, 2.45) is 0 Å². The van der Waals surface area contributed by atoms with Crippen LogP contribution in [-0.4, -0.2) is 0 Å². The lowest BCUT2D eigenvalue weighted by atomic mass is 9.70. The standard InChI is InChI=1S/C59H34O/c1-3-14-39-35(12-1)24-27-47-49(39)32-36-13-2-4-15-41(36)57(47)38-25-28-48-54(34-38)59(51-21-8-5-16-43(51)44-17-6-9-22-52(44)59)53-30-29-42-40(19-11-20-46(42)58(48)53)37-26-31-56-50(33-37)45-18-7-10-23-55(45)60-56/h1-34H. The van der Waals surface area contributed by atoms with Gasteiger partial charge in [-0.1, -0.05) is 176 Å². The van der Waals surface area contributed by atoms with Crippen LogP contribution >= 0.6 is 0 Å². The Hall–Kier alpha value is -7.74. The van der Waals surface area contributed by atoms with Crippen molar-refractivity contribution < 1.29 is 4.42 Å². The molecule has 0 radical (unpaired) electrons. The Bertz CT molecular complexity index is 3800. The molecule has 1 heteroatoms. The third-order valence-electron chi connectivity index (χ3n) is 13.9. The quantitative estimate of drug-likeness (QED) is 0.126. The largest absolute Gasteiger partial charge is 0.456 e. The van der Waals surface area contributed by atoms with Crippen molar-refractivity contribution in [3.8, 4) is 44.5 Å². The first-order valence-electron chi connectivity index (χ1n) is 20.9. The van der Waals surface area contributed by atoms with Gasteiger partial charge in [0.2, 0.25) is 0 Å². The Kier molecular flexibility index (Phi) is 6.28. The number of hydrogen-bond donors (Lipinski definition) is 0. The van der Waals surface area contributed by atoms with Crippen molar-refractivity contribution >= 4 is 65.0 Å². The predicted octanol–water partition coefficient (Wildman–Crippen LogP) is 15.9. The highest BCUT2D eigenvalue weighted by Gasteiger charge is 2.52. The molecular weight excluding hydrogens is 725 g/mol. The van der Waals surface area contributed by atoms with Gasteiger partial charge in [-0.25, -0.2) is 0 Å². The first-order chi connectivity index (χ1) is 29.8. The second-order valence-corrected chi connectivity index (χ2v) is 16.7. The van der Waals surface area contributed by atoms with Gasteiger partial charge < -0.3 is 4.42 Å². The summed E-state index contributed by atoms with van der Waals surface area (Å²) in [5, 5.41) is 12.5. The van der Waals surface area contributed by atoms with Crippen LogP contribution in [-0.2, 0) is 5.41 Å². The topological polar surface area (TPSA) is 13.1 Å². The van der Waals surface area contributed by atoms with Crippen LogP contribution in [0.3, 0.4) is 0 Å². The number of benzene rings is 11. The lowest BCUT2D eigenvalue weighted by Gasteiger charge is -2.31. The molecule has 1 spiro atoms. The molecule has 2 aliphatic carbocycles. The molecule has 12 aromatic rings. The summed E-state index contributed by atoms with van der Waals surface area (Å²) in [5.41, 5.74) is 16.9. The van der Waals surface area contributed by atoms with Crippen LogP contribution < -0.4 is 0 Å². The van der Waals surface area contributed by atoms with Crippen LogP contribution in [0.1, 0.15) is 22.3 Å². The van der Waals surface area contributed by atoms with Crippen LogP contribution in [0.4, 0.5) is 0 Å². The van der Waals surface area contributed by atoms with Crippen LogP contribution in [0.2, 0.25) is 0 Å². The van der Waals surface area contributed by atoms with E-state index in [4.69, 9.17) is 4.42 Å². The second-order valence-electron chi connectivity index (χ2n) is 16.7. The van der Waals surface area contributed by atoms with E-state index in [-0.39, 0.29) is 0 Å². The van der Waals surface area contributed by atoms with Gasteiger partial charge in [0.1, 0.15) is 11.2 Å². The fourth-order valence-electron chi connectivity index (χ4n) is 11.4. The highest BCUT2D eigenvalue weighted by Crippen LogP contribution is 2.64. The molecule has 1 aromatic heterocycles. The van der Waals surface area contributed by atoms with E-state index < -0.39 is 5.41 Å². The van der Waals surface area contributed by atoms with Crippen LogP contribution in [0, 0.1) is 0 Å². The molecule has 0 saturated heterocycles. The molecule has 0 fully saturated rings. The zero-order chi connectivity index (χ0) is 39.1. The van der Waals surface area contributed by atoms with Gasteiger partial charge in [-0.05, 0) is 140 Å². The molecule has 1 nitrogen and oxygen atoms in total. The lowest BCUT2D eigenvalue weighted by molar-refractivity contribution is 0.669. The molecule has 2 aliphatic rings. The fourth-order valence-corrected chi connectivity index (χ4v) is 11.4. The third-order valence-corrected chi connectivity index (χ3v) is 13.9. The van der Waals surface area contributed by atoms with Gasteiger partial charge in [-0.2, -0.15) is 0 Å². The number of fused-ring (bicyclic) bond motifs is 19. The zero-order valence-corrected chi connectivity index (χ0v) is 32.5. The summed E-state index contributed by atoms with van der Waals surface area (Å²) in [6.45, 7) is 0. The van der Waals surface area contributed by atoms with Crippen LogP contribution in [0.25, 0.3) is 110 Å². The highest BCUT2D eigenvalue weighted by molar-refractivity contribution is 6.21. The monoisotopic (exact) mass is 758 g/mol. The van der Waals surface area contributed by atoms with E-state index in [0.717, 1.165) is 21.9 Å². The first kappa shape index (κ1) is 32.2. The van der Waals surface area contributed by atoms with Crippen molar-refractivity contribution in [1.82, 2.24) is 0 Å². The fraction of sp³-hybridized carbons (Fsp3) is 0.0169. The summed E-state index contributed by atoms with van der Waals surface area (Å²) in [7, 11) is 0. The minimum absolute atomic E-state index is 0.486. The second kappa shape index (κ2) is 11.7. The third kappa shape index (κ3) is 4.06. The van der Waals surface area contributed by atoms with Gasteiger partial charge in [0, 0.05) is 10.8 Å². The molecular formula is C59H34O. The number of rotatable bonds is 2. The zero-order valence-electron chi connectivity index (χ0n) is 32.5. The smallest absolute Gasteiger partial charge is 0.135 e. The molecule has 1 heterocycles. The van der Waals surface area contributed by atoms with Crippen molar-refractivity contribution in [3.05, 3.63) is 229 Å². The molecule has 0 atom stereocenters. The van der Waals surface area contributed by atoms with E-state index in [1.54, 1.807) is 0 Å². The van der Waals surface area contributed by atoms with E-state index >= 15 is 0 Å². The molecule has 0 amide bonds. The van der Waals surface area contributed by atoms with E-state index in [2.05, 4.69) is 200 Å². The molecule has 0 N–H and O–H groups in total. The number of para-hydroxylation sites is 1. The predicted molar refractivity (Wildman–Crippen MR) is 251 cm³/mol. The molecule has 0 aliphatic heterocycles. The molecule has 0 unspecified atom stereocenters. The summed E-state index contributed by atoms with van der Waals surface area (Å²) in [6, 6.07) is 77.1. The molecule has 0 saturated carbocycles. The minimum atomic E-state index is -0.486. The molecule has 14 rings (SSSR count). The first-order valence-corrected chi connectivity index (χ1v) is 20.9. The van der Waals surface area contributed by atoms with E-state index in [1.165, 1.54) is 110 Å². The summed E-state index contributed by atoms with van der Waals surface area (Å²) >= 11 is 0. The van der Waals surface area contributed by atoms with Crippen LogP contribution in [0.15, 0.2) is 211 Å². The highest BCUT2D eigenvalue weighted by atomic mass is 16.3. The number of furan rings is 1. The van der Waals surface area contributed by atoms with E-state index in [0.29, 0.717) is 0 Å². The Morgan fingerprint density at radius 1 is 0.267 bits per heavy atom. The number of hydrogen-bond acceptors (Lipinski definition) is 1. The molecule has 276 valence electrons. The summed E-state index contributed by atoms with van der Waals surface area (Å²) in [4.78, 5) is 0. The Morgan fingerprint density at radius 3 is 1.75 bits per heavy atom. The average Bonchev–Trinajstić information content (AvgIpc) is 3.94. The minimum Gasteiger partial charge on any atom is -0.456 e. The Morgan fingerprint density at radius 2 is 0.900 bits per heavy atom. The summed E-state index contributed by atoms with van der Waals surface area (Å²) in [5.74, 6) is 0. The molecule has 0 bridgehead atoms. The normalized spacial score (nSPS) is 13.5. The molecule has 60 heavy (non-hydrogen) atoms. The maximum absolute atomic E-state index is 6.25. The van der Waals surface area contributed by atoms with Crippen molar-refractivity contribution in [2.45, 2.75) is 5.41 Å². The Balaban J connectivity index is 1.08. The maximum Gasteiger partial charge on any atom is 0.135 e. The van der Waals surface area contributed by atoms with Crippen molar-refractivity contribution in [1.29, 1.82) is 0 Å². The van der Waals surface area contributed by atoms with Crippen molar-refractivity contribution in [3.63, 3.8) is 0 Å². The average molecular weight is 759 g/mol. The van der Waals surface area contributed by atoms with Crippen LogP contribution in [0.5, 0.6) is 0 Å². The van der Waals surface area contributed by atoms with E-state index in [9.17, 15) is 0 Å². The van der Waals surface area contributed by atoms with Gasteiger partial charge in [0.15, 0.2) is 0 Å². The van der Waals surface area contributed by atoms with Crippen molar-refractivity contribution in [2.75, 3.05) is 0 Å². The summed E-state index contributed by atoms with van der Waals surface area (Å²) in [6.07, 6.45) is 0. The van der Waals surface area contributed by atoms with Gasteiger partial charge in [0.25, 0.3) is 0 Å². The van der Waals surface area contributed by atoms with Gasteiger partial charge in [0.05, 0.1) is 5.41 Å². The van der Waals surface area contributed by atoms with Gasteiger partial charge in [-0.3, -0.25) is 0 Å². The van der Waals surface area contributed by atoms with Gasteiger partial charge in [-0.15, -0.1) is 0 Å². The SMILES string of the molecule is c1ccc2c(c1)-c1ccccc1C21c2cc(-c3c4ccccc4cc4c3ccc3ccccc34)ccc2-c2c1ccc1c(-c3ccc4oc5ccccc5c4c3)cccc21. The maximum atomic E-state index is 6.25. The molecule has 11 aromatic carbocycles. The van der Waals surface area contributed by atoms with Gasteiger partial charge >= 0.3 is 0 Å². The lowest BCUT2D eigenvalue weighted by Crippen LogP contribution is -2.25. The Labute approximate surface area is 346 Å². The summed E-state index contributed by atoms with van der Waals surface area (Å²) < 4.78 is 6.25. The van der Waals surface area contributed by atoms with E-state index in [1.807, 2.05) is 6.07 Å².